The molecule has 0 aliphatic heterocycles. The van der Waals surface area contributed by atoms with Crippen molar-refractivity contribution >= 4 is 17.6 Å². The maximum atomic E-state index is 11.0. The Kier molecular flexibility index (Phi) is 3.78. The van der Waals surface area contributed by atoms with Gasteiger partial charge in [-0.25, -0.2) is 0 Å². The molecule has 4 fully saturated rings. The third kappa shape index (κ3) is 2.52. The van der Waals surface area contributed by atoms with E-state index in [-0.39, 0.29) is 17.5 Å². The summed E-state index contributed by atoms with van der Waals surface area (Å²) in [5, 5.41) is 0. The van der Waals surface area contributed by atoms with Gasteiger partial charge in [-0.2, -0.15) is 0 Å². The molecule has 0 N–H and O–H groups in total. The van der Waals surface area contributed by atoms with Crippen molar-refractivity contribution in [3.05, 3.63) is 0 Å². The molecule has 0 heterocycles. The lowest BCUT2D eigenvalue weighted by atomic mass is 9.50. The average molecular weight is 287 g/mol. The fourth-order valence-electron chi connectivity index (χ4n) is 4.81. The predicted octanol–water partition coefficient (Wildman–Crippen LogP) is 3.00. The summed E-state index contributed by atoms with van der Waals surface area (Å²) in [6.45, 7) is 3.11. The maximum Gasteiger partial charge on any atom is 0.320 e. The third-order valence-corrected chi connectivity index (χ3v) is 5.85. The van der Waals surface area contributed by atoms with Crippen LogP contribution in [0.3, 0.4) is 0 Å². The maximum absolute atomic E-state index is 11.0. The van der Waals surface area contributed by atoms with Crippen LogP contribution in [0.2, 0.25) is 0 Å². The van der Waals surface area contributed by atoms with Gasteiger partial charge in [-0.3, -0.25) is 4.79 Å². The van der Waals surface area contributed by atoms with Gasteiger partial charge in [0.1, 0.15) is 12.5 Å². The van der Waals surface area contributed by atoms with E-state index in [0.29, 0.717) is 25.0 Å². The van der Waals surface area contributed by atoms with Gasteiger partial charge in [0.25, 0.3) is 0 Å². The summed E-state index contributed by atoms with van der Waals surface area (Å²) < 4.78 is 11.2. The molecule has 4 rings (SSSR count). The van der Waals surface area contributed by atoms with E-state index in [9.17, 15) is 4.79 Å². The highest BCUT2D eigenvalue weighted by Gasteiger charge is 2.55. The molecular weight excluding hydrogens is 264 g/mol. The van der Waals surface area contributed by atoms with Crippen molar-refractivity contribution in [3.63, 3.8) is 0 Å². The number of carbonyl (C=O) groups is 1. The van der Waals surface area contributed by atoms with Crippen molar-refractivity contribution in [2.45, 2.75) is 44.6 Å². The number of hydrogen-bond donors (Lipinski definition) is 0. The minimum Gasteiger partial charge on any atom is -0.462 e. The molecule has 3 nitrogen and oxygen atoms in total. The zero-order valence-corrected chi connectivity index (χ0v) is 12.3. The van der Waals surface area contributed by atoms with Gasteiger partial charge in [-0.1, -0.05) is 0 Å². The standard InChI is InChI=1S/C15H23ClO3/c1-15(19-3-2-18-14(17)9-16)12-5-10-4-11(7-12)8-13(15)6-10/h10-13H,2-9H2,1H3. The number of hydrogen-bond acceptors (Lipinski definition) is 3. The van der Waals surface area contributed by atoms with Crippen molar-refractivity contribution < 1.29 is 14.3 Å². The minimum atomic E-state index is -0.361. The first kappa shape index (κ1) is 13.7. The Morgan fingerprint density at radius 1 is 1.11 bits per heavy atom. The Labute approximate surface area is 120 Å². The zero-order valence-electron chi connectivity index (χ0n) is 11.6. The second-order valence-corrected chi connectivity index (χ2v) is 6.96. The zero-order chi connectivity index (χ0) is 13.5. The molecule has 4 heteroatoms. The van der Waals surface area contributed by atoms with E-state index >= 15 is 0 Å². The SMILES string of the molecule is CC1(OCCOC(=O)CCl)C2CC3CC(C2)CC1C3. The molecule has 0 aromatic heterocycles. The Balaban J connectivity index is 1.53. The second-order valence-electron chi connectivity index (χ2n) is 6.69. The van der Waals surface area contributed by atoms with Crippen LogP contribution in [0.5, 0.6) is 0 Å². The van der Waals surface area contributed by atoms with Crippen LogP contribution in [0.25, 0.3) is 0 Å². The number of ether oxygens (including phenoxy) is 2. The molecule has 0 radical (unpaired) electrons. The van der Waals surface area contributed by atoms with Crippen molar-refractivity contribution in [3.8, 4) is 0 Å². The summed E-state index contributed by atoms with van der Waals surface area (Å²) >= 11 is 5.39. The van der Waals surface area contributed by atoms with Gasteiger partial charge in [-0.15, -0.1) is 11.6 Å². The van der Waals surface area contributed by atoms with Gasteiger partial charge in [0.05, 0.1) is 12.2 Å². The summed E-state index contributed by atoms with van der Waals surface area (Å²) in [7, 11) is 0. The minimum absolute atomic E-state index is 0.0147. The second kappa shape index (κ2) is 5.25. The largest absolute Gasteiger partial charge is 0.462 e. The molecule has 4 bridgehead atoms. The normalized spacial score (nSPS) is 43.5. The molecule has 4 aliphatic carbocycles. The molecule has 0 atom stereocenters. The Hall–Kier alpha value is -0.280. The van der Waals surface area contributed by atoms with Crippen LogP contribution in [-0.4, -0.2) is 30.7 Å². The Morgan fingerprint density at radius 2 is 1.68 bits per heavy atom. The van der Waals surface area contributed by atoms with Crippen LogP contribution in [0.4, 0.5) is 0 Å². The summed E-state index contributed by atoms with van der Waals surface area (Å²) in [6, 6.07) is 0. The third-order valence-electron chi connectivity index (χ3n) is 5.63. The Bertz CT molecular complexity index is 327. The van der Waals surface area contributed by atoms with Crippen molar-refractivity contribution in [1.29, 1.82) is 0 Å². The van der Waals surface area contributed by atoms with Crippen LogP contribution in [0.15, 0.2) is 0 Å². The highest BCUT2D eigenvalue weighted by molar-refractivity contribution is 6.26. The molecule has 0 aromatic rings. The first-order chi connectivity index (χ1) is 9.11. The number of carbonyl (C=O) groups excluding carboxylic acids is 1. The predicted molar refractivity (Wildman–Crippen MR) is 73.1 cm³/mol. The molecule has 108 valence electrons. The van der Waals surface area contributed by atoms with E-state index in [1.165, 1.54) is 32.1 Å². The molecular formula is C15H23ClO3. The highest BCUT2D eigenvalue weighted by Crippen LogP contribution is 2.59. The topological polar surface area (TPSA) is 35.5 Å². The summed E-state index contributed by atoms with van der Waals surface area (Å²) in [5.41, 5.74) is 0.0147. The number of halogens is 1. The lowest BCUT2D eigenvalue weighted by Crippen LogP contribution is -2.57. The number of alkyl halides is 1. The molecule has 0 amide bonds. The van der Waals surface area contributed by atoms with Gasteiger partial charge in [0.15, 0.2) is 0 Å². The molecule has 0 unspecified atom stereocenters. The van der Waals surface area contributed by atoms with E-state index in [4.69, 9.17) is 21.1 Å². The summed E-state index contributed by atoms with van der Waals surface area (Å²) in [5.74, 6) is 2.90. The van der Waals surface area contributed by atoms with Gasteiger partial charge in [0.2, 0.25) is 0 Å². The smallest absolute Gasteiger partial charge is 0.320 e. The van der Waals surface area contributed by atoms with Gasteiger partial charge in [-0.05, 0) is 62.7 Å². The average Bonchev–Trinajstić information content (AvgIpc) is 2.40. The molecule has 0 saturated heterocycles. The number of rotatable bonds is 5. The summed E-state index contributed by atoms with van der Waals surface area (Å²) in [4.78, 5) is 11.0. The van der Waals surface area contributed by atoms with Crippen LogP contribution in [0.1, 0.15) is 39.0 Å². The van der Waals surface area contributed by atoms with E-state index in [2.05, 4.69) is 6.92 Å². The molecule has 0 aromatic carbocycles. The quantitative estimate of drug-likeness (QED) is 0.443. The fourth-order valence-corrected chi connectivity index (χ4v) is 4.89. The van der Waals surface area contributed by atoms with Crippen LogP contribution >= 0.6 is 11.6 Å². The van der Waals surface area contributed by atoms with Gasteiger partial charge < -0.3 is 9.47 Å². The first-order valence-electron chi connectivity index (χ1n) is 7.47. The van der Waals surface area contributed by atoms with E-state index < -0.39 is 0 Å². The lowest BCUT2D eigenvalue weighted by molar-refractivity contribution is -0.199. The molecule has 4 aliphatic rings. The van der Waals surface area contributed by atoms with Crippen molar-refractivity contribution in [2.75, 3.05) is 19.1 Å². The van der Waals surface area contributed by atoms with Crippen molar-refractivity contribution in [1.82, 2.24) is 0 Å². The van der Waals surface area contributed by atoms with Crippen LogP contribution < -0.4 is 0 Å². The molecule has 19 heavy (non-hydrogen) atoms. The lowest BCUT2D eigenvalue weighted by Gasteiger charge is -2.59. The van der Waals surface area contributed by atoms with Gasteiger partial charge >= 0.3 is 5.97 Å². The van der Waals surface area contributed by atoms with E-state index in [1.807, 2.05) is 0 Å². The van der Waals surface area contributed by atoms with Crippen LogP contribution in [0, 0.1) is 23.7 Å². The van der Waals surface area contributed by atoms with Crippen LogP contribution in [-0.2, 0) is 14.3 Å². The fraction of sp³-hybridized carbons (Fsp3) is 0.933. The summed E-state index contributed by atoms with van der Waals surface area (Å²) in [6.07, 6.45) is 6.81. The molecule has 4 saturated carbocycles. The van der Waals surface area contributed by atoms with Crippen molar-refractivity contribution in [2.24, 2.45) is 23.7 Å². The van der Waals surface area contributed by atoms with E-state index in [1.54, 1.807) is 0 Å². The Morgan fingerprint density at radius 3 is 2.21 bits per heavy atom. The molecule has 0 spiro atoms. The van der Waals surface area contributed by atoms with Gasteiger partial charge in [0, 0.05) is 0 Å². The van der Waals surface area contributed by atoms with E-state index in [0.717, 1.165) is 11.8 Å². The highest BCUT2D eigenvalue weighted by atomic mass is 35.5. The monoisotopic (exact) mass is 286 g/mol. The first-order valence-corrected chi connectivity index (χ1v) is 8.00. The number of esters is 1.